The largest absolute Gasteiger partial charge is 0.493 e. The van der Waals surface area contributed by atoms with Crippen molar-refractivity contribution in [2.24, 2.45) is 0 Å². The van der Waals surface area contributed by atoms with Gasteiger partial charge in [0.1, 0.15) is 0 Å². The van der Waals surface area contributed by atoms with Crippen molar-refractivity contribution >= 4 is 11.6 Å². The van der Waals surface area contributed by atoms with Gasteiger partial charge in [0.25, 0.3) is 5.91 Å². The molecule has 0 fully saturated rings. The molecule has 0 spiro atoms. The lowest BCUT2D eigenvalue weighted by Crippen LogP contribution is -2.26. The number of anilines is 1. The van der Waals surface area contributed by atoms with E-state index in [-0.39, 0.29) is 5.91 Å². The van der Waals surface area contributed by atoms with Gasteiger partial charge >= 0.3 is 0 Å². The highest BCUT2D eigenvalue weighted by atomic mass is 16.5. The number of hydrogen-bond donors (Lipinski definition) is 2. The summed E-state index contributed by atoms with van der Waals surface area (Å²) in [7, 11) is 3.19. The summed E-state index contributed by atoms with van der Waals surface area (Å²) in [6, 6.07) is 7.27. The summed E-state index contributed by atoms with van der Waals surface area (Å²) < 4.78 is 10.4. The van der Waals surface area contributed by atoms with Crippen molar-refractivity contribution in [1.29, 1.82) is 0 Å². The Morgan fingerprint density at radius 3 is 2.68 bits per heavy atom. The molecule has 0 saturated heterocycles. The first-order chi connectivity index (χ1) is 10.7. The van der Waals surface area contributed by atoms with Crippen LogP contribution >= 0.6 is 0 Å². The summed E-state index contributed by atoms with van der Waals surface area (Å²) in [5, 5.41) is 2.82. The number of ether oxygens (including phenoxy) is 2. The number of pyridine rings is 1. The molecule has 6 heteroatoms. The minimum Gasteiger partial charge on any atom is -0.493 e. The van der Waals surface area contributed by atoms with E-state index in [4.69, 9.17) is 15.2 Å². The van der Waals surface area contributed by atoms with E-state index in [1.165, 1.54) is 6.20 Å². The van der Waals surface area contributed by atoms with Crippen LogP contribution in [0.15, 0.2) is 36.7 Å². The lowest BCUT2D eigenvalue weighted by Gasteiger charge is -2.10. The van der Waals surface area contributed by atoms with E-state index < -0.39 is 0 Å². The van der Waals surface area contributed by atoms with Crippen molar-refractivity contribution in [2.45, 2.75) is 6.42 Å². The molecule has 2 rings (SSSR count). The number of rotatable bonds is 6. The SMILES string of the molecule is COc1ccc(CCNC(=O)c2cnccc2N)cc1OC. The van der Waals surface area contributed by atoms with E-state index in [0.29, 0.717) is 35.7 Å². The molecule has 116 valence electrons. The van der Waals surface area contributed by atoms with Gasteiger partial charge in [0, 0.05) is 24.6 Å². The van der Waals surface area contributed by atoms with Crippen LogP contribution in [0.25, 0.3) is 0 Å². The normalized spacial score (nSPS) is 10.1. The summed E-state index contributed by atoms with van der Waals surface area (Å²) >= 11 is 0. The van der Waals surface area contributed by atoms with Crippen LogP contribution < -0.4 is 20.5 Å². The molecule has 0 radical (unpaired) electrons. The fourth-order valence-electron chi connectivity index (χ4n) is 2.05. The molecule has 0 aliphatic rings. The maximum Gasteiger partial charge on any atom is 0.254 e. The Kier molecular flexibility index (Phi) is 5.19. The standard InChI is InChI=1S/C16H19N3O3/c1-21-14-4-3-11(9-15(14)22-2)5-8-19-16(20)12-10-18-7-6-13(12)17/h3-4,6-7,9-10H,5,8H2,1-2H3,(H2,17,18)(H,19,20). The highest BCUT2D eigenvalue weighted by Crippen LogP contribution is 2.27. The number of amides is 1. The molecule has 0 aliphatic heterocycles. The summed E-state index contributed by atoms with van der Waals surface area (Å²) in [6.45, 7) is 0.489. The number of nitrogens with two attached hydrogens (primary N) is 1. The molecular weight excluding hydrogens is 282 g/mol. The first-order valence-electron chi connectivity index (χ1n) is 6.84. The van der Waals surface area contributed by atoms with Crippen LogP contribution in [0.4, 0.5) is 5.69 Å². The van der Waals surface area contributed by atoms with Crippen molar-refractivity contribution in [1.82, 2.24) is 10.3 Å². The fraction of sp³-hybridized carbons (Fsp3) is 0.250. The summed E-state index contributed by atoms with van der Waals surface area (Å²) in [5.41, 5.74) is 7.58. The fourth-order valence-corrected chi connectivity index (χ4v) is 2.05. The number of aromatic nitrogens is 1. The topological polar surface area (TPSA) is 86.5 Å². The van der Waals surface area contributed by atoms with E-state index in [9.17, 15) is 4.79 Å². The maximum absolute atomic E-state index is 12.0. The highest BCUT2D eigenvalue weighted by molar-refractivity contribution is 5.98. The van der Waals surface area contributed by atoms with Crippen LogP contribution in [0.1, 0.15) is 15.9 Å². The van der Waals surface area contributed by atoms with Crippen LogP contribution in [0.3, 0.4) is 0 Å². The van der Waals surface area contributed by atoms with Crippen LogP contribution in [0, 0.1) is 0 Å². The Labute approximate surface area is 129 Å². The lowest BCUT2D eigenvalue weighted by atomic mass is 10.1. The minimum absolute atomic E-state index is 0.230. The Bertz CT molecular complexity index is 659. The first kappa shape index (κ1) is 15.6. The van der Waals surface area contributed by atoms with Crippen molar-refractivity contribution in [3.63, 3.8) is 0 Å². The molecular formula is C16H19N3O3. The number of benzene rings is 1. The zero-order valence-corrected chi connectivity index (χ0v) is 12.6. The average molecular weight is 301 g/mol. The van der Waals surface area contributed by atoms with Crippen molar-refractivity contribution in [3.8, 4) is 11.5 Å². The molecule has 6 nitrogen and oxygen atoms in total. The smallest absolute Gasteiger partial charge is 0.254 e. The van der Waals surface area contributed by atoms with Gasteiger partial charge in [-0.05, 0) is 30.2 Å². The maximum atomic E-state index is 12.0. The average Bonchev–Trinajstić information content (AvgIpc) is 2.55. The van der Waals surface area contributed by atoms with Crippen molar-refractivity contribution in [3.05, 3.63) is 47.8 Å². The molecule has 3 N–H and O–H groups in total. The van der Waals surface area contributed by atoms with Crippen LogP contribution in [-0.4, -0.2) is 31.7 Å². The number of nitrogens with one attached hydrogen (secondary N) is 1. The molecule has 22 heavy (non-hydrogen) atoms. The van der Waals surface area contributed by atoms with Crippen molar-refractivity contribution < 1.29 is 14.3 Å². The Balaban J connectivity index is 1.94. The third-order valence-corrected chi connectivity index (χ3v) is 3.25. The number of methoxy groups -OCH3 is 2. The third kappa shape index (κ3) is 3.66. The Hall–Kier alpha value is -2.76. The van der Waals surface area contributed by atoms with Crippen molar-refractivity contribution in [2.75, 3.05) is 26.5 Å². The minimum atomic E-state index is -0.230. The highest BCUT2D eigenvalue weighted by Gasteiger charge is 2.09. The monoisotopic (exact) mass is 301 g/mol. The zero-order valence-electron chi connectivity index (χ0n) is 12.6. The molecule has 1 aromatic carbocycles. The lowest BCUT2D eigenvalue weighted by molar-refractivity contribution is 0.0954. The van der Waals surface area contributed by atoms with Gasteiger partial charge in [0.05, 0.1) is 19.8 Å². The van der Waals surface area contributed by atoms with E-state index in [1.807, 2.05) is 18.2 Å². The number of carbonyl (C=O) groups excluding carboxylic acids is 1. The molecule has 0 aliphatic carbocycles. The molecule has 1 aromatic heterocycles. The second-order valence-electron chi connectivity index (χ2n) is 4.66. The summed E-state index contributed by atoms with van der Waals surface area (Å²) in [4.78, 5) is 15.9. The Morgan fingerprint density at radius 1 is 1.23 bits per heavy atom. The number of nitrogens with zero attached hydrogens (tertiary/aromatic N) is 1. The first-order valence-corrected chi connectivity index (χ1v) is 6.84. The second-order valence-corrected chi connectivity index (χ2v) is 4.66. The molecule has 0 bridgehead atoms. The van der Waals surface area contributed by atoms with Crippen LogP contribution in [0.5, 0.6) is 11.5 Å². The quantitative estimate of drug-likeness (QED) is 0.847. The van der Waals surface area contributed by atoms with E-state index in [1.54, 1.807) is 26.5 Å². The van der Waals surface area contributed by atoms with Gasteiger partial charge in [-0.3, -0.25) is 9.78 Å². The molecule has 1 heterocycles. The number of carbonyl (C=O) groups is 1. The second kappa shape index (κ2) is 7.31. The van der Waals surface area contributed by atoms with Gasteiger partial charge in [-0.2, -0.15) is 0 Å². The van der Waals surface area contributed by atoms with Crippen LogP contribution in [-0.2, 0) is 6.42 Å². The molecule has 0 saturated carbocycles. The van der Waals surface area contributed by atoms with E-state index in [0.717, 1.165) is 5.56 Å². The number of hydrogen-bond acceptors (Lipinski definition) is 5. The van der Waals surface area contributed by atoms with Gasteiger partial charge < -0.3 is 20.5 Å². The van der Waals surface area contributed by atoms with Gasteiger partial charge in [0.2, 0.25) is 0 Å². The molecule has 2 aromatic rings. The molecule has 0 atom stereocenters. The predicted molar refractivity (Wildman–Crippen MR) is 84.2 cm³/mol. The van der Waals surface area contributed by atoms with Gasteiger partial charge in [-0.1, -0.05) is 6.07 Å². The van der Waals surface area contributed by atoms with E-state index >= 15 is 0 Å². The van der Waals surface area contributed by atoms with E-state index in [2.05, 4.69) is 10.3 Å². The van der Waals surface area contributed by atoms with Gasteiger partial charge in [-0.25, -0.2) is 0 Å². The summed E-state index contributed by atoms with van der Waals surface area (Å²) in [6.07, 6.45) is 3.68. The molecule has 0 unspecified atom stereocenters. The van der Waals surface area contributed by atoms with Gasteiger partial charge in [0.15, 0.2) is 11.5 Å². The van der Waals surface area contributed by atoms with Gasteiger partial charge in [-0.15, -0.1) is 0 Å². The van der Waals surface area contributed by atoms with Crippen LogP contribution in [0.2, 0.25) is 0 Å². The number of nitrogen functional groups attached to an aromatic ring is 1. The summed E-state index contributed by atoms with van der Waals surface area (Å²) in [5.74, 6) is 1.12. The predicted octanol–water partition coefficient (Wildman–Crippen LogP) is 1.65. The Morgan fingerprint density at radius 2 is 2.00 bits per heavy atom. The third-order valence-electron chi connectivity index (χ3n) is 3.25. The zero-order chi connectivity index (χ0) is 15.9. The molecule has 1 amide bonds.